The molecular weight excluding hydrogens is 140 g/mol. The van der Waals surface area contributed by atoms with E-state index in [0.29, 0.717) is 0 Å². The molecule has 0 saturated carbocycles. The van der Waals surface area contributed by atoms with Gasteiger partial charge in [-0.25, -0.2) is 0 Å². The van der Waals surface area contributed by atoms with Crippen molar-refractivity contribution < 1.29 is 9.53 Å². The van der Waals surface area contributed by atoms with Crippen LogP contribution in [0.1, 0.15) is 25.7 Å². The molecule has 0 radical (unpaired) electrons. The predicted molar refractivity (Wildman–Crippen MR) is 41.0 cm³/mol. The van der Waals surface area contributed by atoms with E-state index in [9.17, 15) is 4.79 Å². The predicted octanol–water partition coefficient (Wildman–Crippen LogP) is 1.66. The van der Waals surface area contributed by atoms with Gasteiger partial charge in [-0.1, -0.05) is 6.08 Å². The van der Waals surface area contributed by atoms with Gasteiger partial charge in [-0.05, 0) is 31.8 Å². The van der Waals surface area contributed by atoms with Gasteiger partial charge in [0, 0.05) is 0 Å². The van der Waals surface area contributed by atoms with Crippen LogP contribution in [0, 0.1) is 5.92 Å². The van der Waals surface area contributed by atoms with E-state index in [1.165, 1.54) is 0 Å². The van der Waals surface area contributed by atoms with Gasteiger partial charge >= 0.3 is 5.97 Å². The lowest BCUT2D eigenvalue weighted by Gasteiger charge is -2.27. The monoisotopic (exact) mass is 152 g/mol. The summed E-state index contributed by atoms with van der Waals surface area (Å²) in [7, 11) is 0. The molecule has 1 unspecified atom stereocenters. The third kappa shape index (κ3) is 1.30. The van der Waals surface area contributed by atoms with Crippen molar-refractivity contribution in [1.29, 1.82) is 0 Å². The van der Waals surface area contributed by atoms with E-state index in [0.717, 1.165) is 25.7 Å². The number of carbonyl (C=O) groups excluding carboxylic acids is 1. The Kier molecular flexibility index (Phi) is 1.68. The first-order valence-corrected chi connectivity index (χ1v) is 4.23. The molecule has 0 aromatic carbocycles. The average molecular weight is 152 g/mol. The minimum absolute atomic E-state index is 0.0191. The Bertz CT molecular complexity index is 196. The number of hydrogen-bond acceptors (Lipinski definition) is 2. The van der Waals surface area contributed by atoms with Crippen LogP contribution in [0.2, 0.25) is 0 Å². The largest absolute Gasteiger partial charge is 0.458 e. The van der Waals surface area contributed by atoms with Gasteiger partial charge in [-0.2, -0.15) is 0 Å². The van der Waals surface area contributed by atoms with Crippen LogP contribution in [0.15, 0.2) is 12.2 Å². The zero-order valence-electron chi connectivity index (χ0n) is 6.45. The van der Waals surface area contributed by atoms with Crippen molar-refractivity contribution in [2.75, 3.05) is 0 Å². The highest BCUT2D eigenvalue weighted by molar-refractivity contribution is 5.73. The van der Waals surface area contributed by atoms with Gasteiger partial charge in [0.2, 0.25) is 0 Å². The number of hydrogen-bond donors (Lipinski definition) is 0. The second kappa shape index (κ2) is 2.68. The molecule has 2 heterocycles. The molecule has 2 atom stereocenters. The molecule has 1 fully saturated rings. The highest BCUT2D eigenvalue weighted by Gasteiger charge is 2.29. The Labute approximate surface area is 66.2 Å². The van der Waals surface area contributed by atoms with Gasteiger partial charge in [-0.3, -0.25) is 4.79 Å². The van der Waals surface area contributed by atoms with E-state index in [1.807, 2.05) is 6.08 Å². The third-order valence-electron chi connectivity index (χ3n) is 2.43. The van der Waals surface area contributed by atoms with E-state index in [4.69, 9.17) is 4.74 Å². The van der Waals surface area contributed by atoms with Crippen molar-refractivity contribution >= 4 is 5.97 Å². The number of ether oxygens (including phenoxy) is 1. The SMILES string of the molecule is O=C1O[C@H]2/C=C\CCC1CC2. The lowest BCUT2D eigenvalue weighted by atomic mass is 9.91. The van der Waals surface area contributed by atoms with E-state index < -0.39 is 0 Å². The van der Waals surface area contributed by atoms with Crippen molar-refractivity contribution in [2.24, 2.45) is 5.92 Å². The molecule has 11 heavy (non-hydrogen) atoms. The van der Waals surface area contributed by atoms with E-state index in [2.05, 4.69) is 6.08 Å². The Morgan fingerprint density at radius 2 is 2.27 bits per heavy atom. The molecule has 2 aliphatic heterocycles. The maximum Gasteiger partial charge on any atom is 0.309 e. The molecule has 3 aliphatic rings. The molecule has 0 spiro atoms. The molecule has 1 aliphatic carbocycles. The lowest BCUT2D eigenvalue weighted by Crippen LogP contribution is -2.31. The van der Waals surface area contributed by atoms with Crippen molar-refractivity contribution in [3.63, 3.8) is 0 Å². The van der Waals surface area contributed by atoms with E-state index in [1.54, 1.807) is 0 Å². The summed E-state index contributed by atoms with van der Waals surface area (Å²) in [4.78, 5) is 11.2. The summed E-state index contributed by atoms with van der Waals surface area (Å²) in [6, 6.07) is 0. The van der Waals surface area contributed by atoms with Crippen LogP contribution in [0.25, 0.3) is 0 Å². The molecule has 1 saturated heterocycles. The zero-order valence-corrected chi connectivity index (χ0v) is 6.45. The van der Waals surface area contributed by atoms with Crippen LogP contribution in [-0.2, 0) is 9.53 Å². The summed E-state index contributed by atoms with van der Waals surface area (Å²) in [6.45, 7) is 0. The van der Waals surface area contributed by atoms with Crippen LogP contribution >= 0.6 is 0 Å². The van der Waals surface area contributed by atoms with Crippen LogP contribution in [-0.4, -0.2) is 12.1 Å². The van der Waals surface area contributed by atoms with Crippen molar-refractivity contribution in [3.8, 4) is 0 Å². The molecule has 60 valence electrons. The first-order chi connectivity index (χ1) is 5.36. The molecule has 2 bridgehead atoms. The minimum atomic E-state index is 0.0191. The average Bonchev–Trinajstić information content (AvgIpc) is 1.92. The topological polar surface area (TPSA) is 26.3 Å². The molecule has 0 N–H and O–H groups in total. The maximum absolute atomic E-state index is 11.2. The van der Waals surface area contributed by atoms with Crippen LogP contribution in [0.4, 0.5) is 0 Å². The van der Waals surface area contributed by atoms with Crippen LogP contribution in [0.3, 0.4) is 0 Å². The van der Waals surface area contributed by atoms with Gasteiger partial charge in [0.25, 0.3) is 0 Å². The lowest BCUT2D eigenvalue weighted by molar-refractivity contribution is -0.157. The Morgan fingerprint density at radius 3 is 3.09 bits per heavy atom. The smallest absolute Gasteiger partial charge is 0.309 e. The van der Waals surface area contributed by atoms with Crippen molar-refractivity contribution in [2.45, 2.75) is 31.8 Å². The Balaban J connectivity index is 2.18. The summed E-state index contributed by atoms with van der Waals surface area (Å²) in [5, 5.41) is 0. The van der Waals surface area contributed by atoms with Crippen molar-refractivity contribution in [1.82, 2.24) is 0 Å². The summed E-state index contributed by atoms with van der Waals surface area (Å²) >= 11 is 0. The fourth-order valence-electron chi connectivity index (χ4n) is 1.73. The van der Waals surface area contributed by atoms with E-state index in [-0.39, 0.29) is 18.0 Å². The normalized spacial score (nSPS) is 39.1. The van der Waals surface area contributed by atoms with Gasteiger partial charge in [0.15, 0.2) is 0 Å². The minimum Gasteiger partial charge on any atom is -0.458 e. The number of rotatable bonds is 0. The van der Waals surface area contributed by atoms with Crippen molar-refractivity contribution in [3.05, 3.63) is 12.2 Å². The quantitative estimate of drug-likeness (QED) is 0.390. The molecule has 0 aromatic rings. The van der Waals surface area contributed by atoms with Gasteiger partial charge in [0.1, 0.15) is 6.10 Å². The molecule has 3 rings (SSSR count). The molecule has 2 heteroatoms. The Morgan fingerprint density at radius 1 is 1.36 bits per heavy atom. The number of fused-ring (bicyclic) bond motifs is 4. The summed E-state index contributed by atoms with van der Waals surface area (Å²) in [6.07, 6.45) is 8.29. The number of carbonyl (C=O) groups is 1. The van der Waals surface area contributed by atoms with Crippen LogP contribution < -0.4 is 0 Å². The fourth-order valence-corrected chi connectivity index (χ4v) is 1.73. The summed E-state index contributed by atoms with van der Waals surface area (Å²) in [5.74, 6) is 0.210. The number of esters is 1. The first kappa shape index (κ1) is 6.89. The standard InChI is InChI=1S/C9H12O2/c10-9-7-3-1-2-4-8(11-9)6-5-7/h2,4,7-8H,1,3,5-6H2/b4-2-/t7?,8-/m0/s1. The second-order valence-corrected chi connectivity index (χ2v) is 3.26. The molecule has 0 aromatic heterocycles. The van der Waals surface area contributed by atoms with Gasteiger partial charge in [-0.15, -0.1) is 0 Å². The summed E-state index contributed by atoms with van der Waals surface area (Å²) < 4.78 is 5.16. The number of allylic oxidation sites excluding steroid dienone is 1. The van der Waals surface area contributed by atoms with E-state index >= 15 is 0 Å². The third-order valence-corrected chi connectivity index (χ3v) is 2.43. The first-order valence-electron chi connectivity index (χ1n) is 4.23. The zero-order chi connectivity index (χ0) is 7.68. The second-order valence-electron chi connectivity index (χ2n) is 3.26. The Hall–Kier alpha value is -0.790. The highest BCUT2D eigenvalue weighted by atomic mass is 16.5. The highest BCUT2D eigenvalue weighted by Crippen LogP contribution is 2.27. The van der Waals surface area contributed by atoms with Crippen LogP contribution in [0.5, 0.6) is 0 Å². The fraction of sp³-hybridized carbons (Fsp3) is 0.667. The van der Waals surface area contributed by atoms with Gasteiger partial charge in [0.05, 0.1) is 5.92 Å². The maximum atomic E-state index is 11.2. The van der Waals surface area contributed by atoms with Gasteiger partial charge < -0.3 is 4.74 Å². The molecule has 2 nitrogen and oxygen atoms in total. The molecule has 0 amide bonds. The summed E-state index contributed by atoms with van der Waals surface area (Å²) in [5.41, 5.74) is 0. The molecular formula is C9H12O2.